The van der Waals surface area contributed by atoms with Gasteiger partial charge >= 0.3 is 5.97 Å². The van der Waals surface area contributed by atoms with E-state index in [1.165, 1.54) is 17.8 Å². The van der Waals surface area contributed by atoms with E-state index < -0.39 is 5.97 Å². The molecule has 2 N–H and O–H groups in total. The molecule has 6 nitrogen and oxygen atoms in total. The second-order valence-electron chi connectivity index (χ2n) is 6.12. The summed E-state index contributed by atoms with van der Waals surface area (Å²) in [6.45, 7) is 0. The summed E-state index contributed by atoms with van der Waals surface area (Å²) in [6, 6.07) is 17.3. The molecule has 1 amide bonds. The minimum Gasteiger partial charge on any atom is -0.478 e. The van der Waals surface area contributed by atoms with E-state index in [1.807, 2.05) is 29.0 Å². The molecule has 0 saturated carbocycles. The van der Waals surface area contributed by atoms with Gasteiger partial charge in [-0.05, 0) is 72.4 Å². The summed E-state index contributed by atoms with van der Waals surface area (Å²) < 4.78 is 1.82. The van der Waals surface area contributed by atoms with E-state index in [9.17, 15) is 14.7 Å². The van der Waals surface area contributed by atoms with Crippen LogP contribution >= 0.6 is 23.4 Å². The number of nitrogens with one attached hydrogen (secondary N) is 1. The van der Waals surface area contributed by atoms with E-state index in [4.69, 9.17) is 11.6 Å². The highest BCUT2D eigenvalue weighted by Gasteiger charge is 2.24. The Morgan fingerprint density at radius 3 is 2.69 bits per heavy atom. The van der Waals surface area contributed by atoms with Gasteiger partial charge < -0.3 is 15.0 Å². The maximum atomic E-state index is 12.4. The van der Waals surface area contributed by atoms with Crippen LogP contribution in [0.15, 0.2) is 76.8 Å². The summed E-state index contributed by atoms with van der Waals surface area (Å²) >= 11 is 7.12. The Balaban J connectivity index is 1.62. The average molecular weight is 424 g/mol. The number of carbonyl (C=O) groups excluding carboxylic acids is 1. The minimum atomic E-state index is -0.993. The summed E-state index contributed by atoms with van der Waals surface area (Å²) in [7, 11) is 0. The van der Waals surface area contributed by atoms with E-state index in [0.717, 1.165) is 5.69 Å². The topological polar surface area (TPSA) is 83.7 Å². The summed E-state index contributed by atoms with van der Waals surface area (Å²) in [5.74, 6) is -1.23. The molecule has 0 atom stereocenters. The fraction of sp³-hybridized carbons (Fsp3) is 0. The van der Waals surface area contributed by atoms with Crippen molar-refractivity contribution in [3.8, 4) is 5.69 Å². The molecule has 0 aliphatic carbocycles. The number of carboxylic acids is 1. The molecule has 1 aromatic heterocycles. The normalized spacial score (nSPS) is 16.4. The number of hydrogen-bond acceptors (Lipinski definition) is 4. The quantitative estimate of drug-likeness (QED) is 0.594. The lowest BCUT2D eigenvalue weighted by molar-refractivity contribution is -0.115. The Morgan fingerprint density at radius 1 is 1.14 bits per heavy atom. The Hall–Kier alpha value is -3.29. The largest absolute Gasteiger partial charge is 0.478 e. The molecule has 0 spiro atoms. The number of amidine groups is 1. The lowest BCUT2D eigenvalue weighted by atomic mass is 10.2. The van der Waals surface area contributed by atoms with E-state index in [-0.39, 0.29) is 11.5 Å². The molecular weight excluding hydrogens is 410 g/mol. The molecule has 2 aromatic carbocycles. The van der Waals surface area contributed by atoms with Gasteiger partial charge in [-0.1, -0.05) is 17.7 Å². The first-order valence-corrected chi connectivity index (χ1v) is 9.75. The SMILES string of the molecule is O=C1NC(=Nc2ccc(Cl)cc2)S/C1=C\c1cccn1-c1cccc(C(=O)O)c1. The van der Waals surface area contributed by atoms with Gasteiger partial charge in [-0.15, -0.1) is 0 Å². The first-order valence-electron chi connectivity index (χ1n) is 8.56. The van der Waals surface area contributed by atoms with E-state index in [0.29, 0.717) is 26.5 Å². The highest BCUT2D eigenvalue weighted by Crippen LogP contribution is 2.29. The number of aromatic carboxylic acids is 1. The Kier molecular flexibility index (Phi) is 5.24. The number of nitrogens with zero attached hydrogens (tertiary/aromatic N) is 2. The number of thioether (sulfide) groups is 1. The van der Waals surface area contributed by atoms with Crippen LogP contribution in [0.25, 0.3) is 11.8 Å². The number of carboxylic acid groups (broad SMARTS) is 1. The zero-order valence-electron chi connectivity index (χ0n) is 14.9. The smallest absolute Gasteiger partial charge is 0.335 e. The molecule has 2 heterocycles. The summed E-state index contributed by atoms with van der Waals surface area (Å²) in [4.78, 5) is 28.5. The van der Waals surface area contributed by atoms with Gasteiger partial charge in [0.05, 0.1) is 16.2 Å². The van der Waals surface area contributed by atoms with Crippen LogP contribution in [0.2, 0.25) is 5.02 Å². The third-order valence-electron chi connectivity index (χ3n) is 4.14. The van der Waals surface area contributed by atoms with Gasteiger partial charge in [0.2, 0.25) is 0 Å². The lowest BCUT2D eigenvalue weighted by Crippen LogP contribution is -2.19. The molecule has 3 aromatic rings. The number of hydrogen-bond donors (Lipinski definition) is 2. The van der Waals surface area contributed by atoms with Gasteiger partial charge in [0.15, 0.2) is 5.17 Å². The fourth-order valence-corrected chi connectivity index (χ4v) is 3.74. The van der Waals surface area contributed by atoms with Crippen molar-refractivity contribution < 1.29 is 14.7 Å². The van der Waals surface area contributed by atoms with Gasteiger partial charge in [-0.2, -0.15) is 0 Å². The van der Waals surface area contributed by atoms with Crippen molar-refractivity contribution in [2.75, 3.05) is 0 Å². The van der Waals surface area contributed by atoms with Gasteiger partial charge in [0.25, 0.3) is 5.91 Å². The number of aliphatic imine (C=N–C) groups is 1. The number of benzene rings is 2. The van der Waals surface area contributed by atoms with Crippen LogP contribution in [0.1, 0.15) is 16.1 Å². The molecule has 144 valence electrons. The molecule has 0 bridgehead atoms. The van der Waals surface area contributed by atoms with Crippen LogP contribution in [0.4, 0.5) is 5.69 Å². The molecule has 0 radical (unpaired) electrons. The Morgan fingerprint density at radius 2 is 1.93 bits per heavy atom. The first-order chi connectivity index (χ1) is 14.0. The first kappa shape index (κ1) is 19.0. The number of aromatic nitrogens is 1. The second kappa shape index (κ2) is 7.98. The molecule has 8 heteroatoms. The number of carbonyl (C=O) groups is 2. The van der Waals surface area contributed by atoms with E-state index in [1.54, 1.807) is 42.5 Å². The fourth-order valence-electron chi connectivity index (χ4n) is 2.78. The zero-order valence-corrected chi connectivity index (χ0v) is 16.4. The van der Waals surface area contributed by atoms with Crippen LogP contribution in [-0.4, -0.2) is 26.7 Å². The Bertz CT molecular complexity index is 1170. The van der Waals surface area contributed by atoms with Crippen LogP contribution in [0.5, 0.6) is 0 Å². The molecule has 1 aliphatic heterocycles. The van der Waals surface area contributed by atoms with Gasteiger partial charge in [-0.25, -0.2) is 9.79 Å². The maximum absolute atomic E-state index is 12.4. The molecule has 29 heavy (non-hydrogen) atoms. The lowest BCUT2D eigenvalue weighted by Gasteiger charge is -2.07. The molecule has 0 unspecified atom stereocenters. The standard InChI is InChI=1S/C21H14ClN3O3S/c22-14-6-8-15(9-7-14)23-21-24-19(26)18(29-21)12-17-5-2-10-25(17)16-4-1-3-13(11-16)20(27)28/h1-12H,(H,27,28)(H,23,24,26)/b18-12-. The predicted octanol–water partition coefficient (Wildman–Crippen LogP) is 4.72. The van der Waals surface area contributed by atoms with Crippen LogP contribution in [0, 0.1) is 0 Å². The third-order valence-corrected chi connectivity index (χ3v) is 5.30. The van der Waals surface area contributed by atoms with Crippen molar-refractivity contribution in [2.45, 2.75) is 0 Å². The van der Waals surface area contributed by atoms with Crippen LogP contribution in [-0.2, 0) is 4.79 Å². The Labute approximate surface area is 175 Å². The highest BCUT2D eigenvalue weighted by molar-refractivity contribution is 8.18. The molecule has 4 rings (SSSR count). The summed E-state index contributed by atoms with van der Waals surface area (Å²) in [6.07, 6.45) is 3.56. The zero-order chi connectivity index (χ0) is 20.4. The van der Waals surface area contributed by atoms with Crippen molar-refractivity contribution in [2.24, 2.45) is 4.99 Å². The molecular formula is C21H14ClN3O3S. The van der Waals surface area contributed by atoms with Crippen LogP contribution < -0.4 is 5.32 Å². The molecule has 1 saturated heterocycles. The van der Waals surface area contributed by atoms with E-state index >= 15 is 0 Å². The van der Waals surface area contributed by atoms with Gasteiger partial charge in [0, 0.05) is 22.6 Å². The highest BCUT2D eigenvalue weighted by atomic mass is 35.5. The van der Waals surface area contributed by atoms with Crippen LogP contribution in [0.3, 0.4) is 0 Å². The second-order valence-corrected chi connectivity index (χ2v) is 7.58. The summed E-state index contributed by atoms with van der Waals surface area (Å²) in [5, 5.41) is 13.1. The number of halogens is 1. The minimum absolute atomic E-state index is 0.195. The number of rotatable bonds is 4. The van der Waals surface area contributed by atoms with Gasteiger partial charge in [-0.3, -0.25) is 4.79 Å². The monoisotopic (exact) mass is 423 g/mol. The molecule has 1 aliphatic rings. The van der Waals surface area contributed by atoms with Crippen molar-refractivity contribution in [1.29, 1.82) is 0 Å². The van der Waals surface area contributed by atoms with Crippen molar-refractivity contribution in [3.05, 3.63) is 88.0 Å². The van der Waals surface area contributed by atoms with Crippen molar-refractivity contribution in [3.63, 3.8) is 0 Å². The van der Waals surface area contributed by atoms with Crippen molar-refractivity contribution in [1.82, 2.24) is 9.88 Å². The van der Waals surface area contributed by atoms with Crippen molar-refractivity contribution >= 4 is 52.2 Å². The summed E-state index contributed by atoms with van der Waals surface area (Å²) in [5.41, 5.74) is 2.32. The number of amides is 1. The van der Waals surface area contributed by atoms with Gasteiger partial charge in [0.1, 0.15) is 0 Å². The third kappa shape index (κ3) is 4.26. The van der Waals surface area contributed by atoms with E-state index in [2.05, 4.69) is 10.3 Å². The predicted molar refractivity (Wildman–Crippen MR) is 115 cm³/mol. The maximum Gasteiger partial charge on any atom is 0.335 e. The average Bonchev–Trinajstić information content (AvgIpc) is 3.30. The molecule has 1 fully saturated rings.